The van der Waals surface area contributed by atoms with Gasteiger partial charge in [0, 0.05) is 11.6 Å². The minimum absolute atomic E-state index is 0. The second kappa shape index (κ2) is 5.81. The molecule has 19 heavy (non-hydrogen) atoms. The molecule has 0 radical (unpaired) electrons. The van der Waals surface area contributed by atoms with Crippen LogP contribution in [0.1, 0.15) is 37.3 Å². The zero-order valence-corrected chi connectivity index (χ0v) is 11.7. The van der Waals surface area contributed by atoms with Gasteiger partial charge in [-0.3, -0.25) is 0 Å². The predicted octanol–water partition coefficient (Wildman–Crippen LogP) is 4.16. The smallest absolute Gasteiger partial charge is 0.120 e. The van der Waals surface area contributed by atoms with Gasteiger partial charge in [0.2, 0.25) is 0 Å². The Morgan fingerprint density at radius 2 is 1.74 bits per heavy atom. The normalized spacial score (nSPS) is 17.3. The molecule has 2 aromatic carbocycles. The minimum Gasteiger partial charge on any atom is -0.508 e. The summed E-state index contributed by atoms with van der Waals surface area (Å²) >= 11 is 0. The third-order valence-corrected chi connectivity index (χ3v) is 4.19. The fourth-order valence-electron chi connectivity index (χ4n) is 3.19. The van der Waals surface area contributed by atoms with Crippen LogP contribution in [0.25, 0.3) is 10.8 Å². The van der Waals surface area contributed by atoms with Crippen LogP contribution in [0, 0.1) is 5.92 Å². The number of rotatable bonds is 2. The topological polar surface area (TPSA) is 46.2 Å². The van der Waals surface area contributed by atoms with Gasteiger partial charge in [-0.05, 0) is 35.6 Å². The Balaban J connectivity index is 0.00000133. The van der Waals surface area contributed by atoms with Crippen molar-refractivity contribution in [3.05, 3.63) is 42.0 Å². The molecule has 1 fully saturated rings. The van der Waals surface area contributed by atoms with Crippen molar-refractivity contribution in [2.75, 3.05) is 0 Å². The maximum atomic E-state index is 10.2. The summed E-state index contributed by atoms with van der Waals surface area (Å²) in [6.45, 7) is 0. The summed E-state index contributed by atoms with van der Waals surface area (Å²) in [5.74, 6) is 0.856. The van der Waals surface area contributed by atoms with E-state index in [9.17, 15) is 5.11 Å². The highest BCUT2D eigenvalue weighted by Crippen LogP contribution is 2.40. The summed E-state index contributed by atoms with van der Waals surface area (Å²) < 4.78 is 0. The number of nitrogens with two attached hydrogens (primary N) is 1. The van der Waals surface area contributed by atoms with Crippen molar-refractivity contribution in [1.82, 2.24) is 0 Å². The van der Waals surface area contributed by atoms with Crippen molar-refractivity contribution < 1.29 is 5.11 Å². The van der Waals surface area contributed by atoms with E-state index >= 15 is 0 Å². The summed E-state index contributed by atoms with van der Waals surface area (Å²) in [5.41, 5.74) is 7.34. The van der Waals surface area contributed by atoms with E-state index in [0.717, 1.165) is 16.3 Å². The van der Waals surface area contributed by atoms with Crippen LogP contribution in [0.2, 0.25) is 0 Å². The number of phenolic OH excluding ortho intramolecular Hbond substituents is 1. The molecule has 102 valence electrons. The molecule has 1 aliphatic carbocycles. The van der Waals surface area contributed by atoms with E-state index in [4.69, 9.17) is 5.73 Å². The second-order valence-electron chi connectivity index (χ2n) is 5.29. The average Bonchev–Trinajstić information content (AvgIpc) is 2.92. The fraction of sp³-hybridized carbons (Fsp3) is 0.375. The molecule has 2 nitrogen and oxygen atoms in total. The Labute approximate surface area is 120 Å². The Kier molecular flexibility index (Phi) is 4.33. The SMILES string of the molecule is Cl.N[C@@H](c1c(O)ccc2ccccc12)C1CCCC1. The van der Waals surface area contributed by atoms with Crippen molar-refractivity contribution in [3.63, 3.8) is 0 Å². The lowest BCUT2D eigenvalue weighted by Crippen LogP contribution is -2.19. The summed E-state index contributed by atoms with van der Waals surface area (Å²) in [6, 6.07) is 11.8. The summed E-state index contributed by atoms with van der Waals surface area (Å²) in [5, 5.41) is 12.4. The number of halogens is 1. The van der Waals surface area contributed by atoms with Crippen molar-refractivity contribution in [1.29, 1.82) is 0 Å². The van der Waals surface area contributed by atoms with E-state index in [1.165, 1.54) is 25.7 Å². The second-order valence-corrected chi connectivity index (χ2v) is 5.29. The van der Waals surface area contributed by atoms with Crippen LogP contribution in [0.15, 0.2) is 36.4 Å². The van der Waals surface area contributed by atoms with Crippen LogP contribution in [0.5, 0.6) is 5.75 Å². The third-order valence-electron chi connectivity index (χ3n) is 4.19. The van der Waals surface area contributed by atoms with Gasteiger partial charge in [-0.15, -0.1) is 12.4 Å². The molecule has 0 aliphatic heterocycles. The summed E-state index contributed by atoms with van der Waals surface area (Å²) in [4.78, 5) is 0. The first-order valence-electron chi connectivity index (χ1n) is 6.73. The Bertz CT molecular complexity index is 564. The molecule has 1 aliphatic rings. The van der Waals surface area contributed by atoms with Gasteiger partial charge >= 0.3 is 0 Å². The molecular weight excluding hydrogens is 258 g/mol. The van der Waals surface area contributed by atoms with Gasteiger partial charge < -0.3 is 10.8 Å². The van der Waals surface area contributed by atoms with Crippen LogP contribution in [-0.4, -0.2) is 5.11 Å². The molecule has 0 spiro atoms. The maximum absolute atomic E-state index is 10.2. The Morgan fingerprint density at radius 1 is 1.05 bits per heavy atom. The predicted molar refractivity (Wildman–Crippen MR) is 81.7 cm³/mol. The number of benzene rings is 2. The molecule has 3 rings (SSSR count). The lowest BCUT2D eigenvalue weighted by Gasteiger charge is -2.22. The molecule has 0 unspecified atom stereocenters. The van der Waals surface area contributed by atoms with E-state index in [1.54, 1.807) is 6.07 Å². The molecule has 0 aromatic heterocycles. The third kappa shape index (κ3) is 2.56. The van der Waals surface area contributed by atoms with Crippen molar-refractivity contribution in [2.24, 2.45) is 11.7 Å². The largest absolute Gasteiger partial charge is 0.508 e. The average molecular weight is 278 g/mol. The minimum atomic E-state index is -0.0430. The molecule has 3 N–H and O–H groups in total. The molecule has 1 atom stereocenters. The van der Waals surface area contributed by atoms with Crippen molar-refractivity contribution in [3.8, 4) is 5.75 Å². The quantitative estimate of drug-likeness (QED) is 0.866. The number of hydrogen-bond donors (Lipinski definition) is 2. The van der Waals surface area contributed by atoms with E-state index in [1.807, 2.05) is 18.2 Å². The van der Waals surface area contributed by atoms with Gasteiger partial charge in [0.1, 0.15) is 5.75 Å². The first kappa shape index (κ1) is 14.2. The van der Waals surface area contributed by atoms with Crippen molar-refractivity contribution >= 4 is 23.2 Å². The Morgan fingerprint density at radius 3 is 2.47 bits per heavy atom. The number of hydrogen-bond acceptors (Lipinski definition) is 2. The highest BCUT2D eigenvalue weighted by molar-refractivity contribution is 5.88. The van der Waals surface area contributed by atoms with Gasteiger partial charge in [0.05, 0.1) is 0 Å². The van der Waals surface area contributed by atoms with Gasteiger partial charge in [0.25, 0.3) is 0 Å². The highest BCUT2D eigenvalue weighted by atomic mass is 35.5. The Hall–Kier alpha value is -1.25. The summed E-state index contributed by atoms with van der Waals surface area (Å²) in [7, 11) is 0. The number of aromatic hydroxyl groups is 1. The van der Waals surface area contributed by atoms with Crippen molar-refractivity contribution in [2.45, 2.75) is 31.7 Å². The first-order valence-corrected chi connectivity index (χ1v) is 6.73. The molecule has 0 bridgehead atoms. The number of phenols is 1. The molecule has 0 saturated heterocycles. The molecule has 1 saturated carbocycles. The zero-order chi connectivity index (χ0) is 12.5. The molecule has 0 amide bonds. The zero-order valence-electron chi connectivity index (χ0n) is 10.9. The van der Waals surface area contributed by atoms with Crippen LogP contribution < -0.4 is 5.73 Å². The number of fused-ring (bicyclic) bond motifs is 1. The van der Waals surface area contributed by atoms with Crippen LogP contribution in [-0.2, 0) is 0 Å². The van der Waals surface area contributed by atoms with Crippen LogP contribution in [0.4, 0.5) is 0 Å². The molecule has 3 heteroatoms. The van der Waals surface area contributed by atoms with Gasteiger partial charge in [0.15, 0.2) is 0 Å². The van der Waals surface area contributed by atoms with E-state index in [2.05, 4.69) is 12.1 Å². The van der Waals surface area contributed by atoms with Crippen LogP contribution in [0.3, 0.4) is 0 Å². The van der Waals surface area contributed by atoms with E-state index in [-0.39, 0.29) is 18.4 Å². The summed E-state index contributed by atoms with van der Waals surface area (Å²) in [6.07, 6.45) is 4.90. The fourth-order valence-corrected chi connectivity index (χ4v) is 3.19. The first-order chi connectivity index (χ1) is 8.77. The standard InChI is InChI=1S/C16H19NO.ClH/c17-16(12-6-1-2-7-12)15-13-8-4-3-5-11(13)9-10-14(15)18;/h3-5,8-10,12,16,18H,1-2,6-7,17H2;1H/t16-;/m1./s1. The van der Waals surface area contributed by atoms with Gasteiger partial charge in [-0.25, -0.2) is 0 Å². The maximum Gasteiger partial charge on any atom is 0.120 e. The lowest BCUT2D eigenvalue weighted by atomic mass is 9.88. The van der Waals surface area contributed by atoms with Gasteiger partial charge in [-0.1, -0.05) is 43.2 Å². The van der Waals surface area contributed by atoms with Crippen LogP contribution >= 0.6 is 12.4 Å². The molecule has 0 heterocycles. The monoisotopic (exact) mass is 277 g/mol. The van der Waals surface area contributed by atoms with E-state index < -0.39 is 0 Å². The highest BCUT2D eigenvalue weighted by Gasteiger charge is 2.26. The molecule has 2 aromatic rings. The molecular formula is C16H20ClNO. The van der Waals surface area contributed by atoms with E-state index in [0.29, 0.717) is 11.7 Å². The van der Waals surface area contributed by atoms with Gasteiger partial charge in [-0.2, -0.15) is 0 Å². The lowest BCUT2D eigenvalue weighted by molar-refractivity contribution is 0.415.